The summed E-state index contributed by atoms with van der Waals surface area (Å²) in [6.45, 7) is 5.62. The average Bonchev–Trinajstić information content (AvgIpc) is 2.32. The minimum absolute atomic E-state index is 0.0411. The fraction of sp³-hybridized carbons (Fsp3) is 0.538. The third-order valence-corrected chi connectivity index (χ3v) is 3.30. The number of aromatic nitrogens is 1. The minimum Gasteiger partial charge on any atom is -0.392 e. The van der Waals surface area contributed by atoms with Crippen molar-refractivity contribution in [1.82, 2.24) is 9.47 Å². The van der Waals surface area contributed by atoms with E-state index in [1.54, 1.807) is 26.2 Å². The Balaban J connectivity index is 2.91. The van der Waals surface area contributed by atoms with Gasteiger partial charge in [-0.1, -0.05) is 0 Å². The molecule has 20 heavy (non-hydrogen) atoms. The van der Waals surface area contributed by atoms with Gasteiger partial charge in [0.05, 0.1) is 16.3 Å². The highest BCUT2D eigenvalue weighted by atomic mass is 79.9. The van der Waals surface area contributed by atoms with E-state index in [4.69, 9.17) is 0 Å². The van der Waals surface area contributed by atoms with Gasteiger partial charge >= 0.3 is 6.03 Å². The maximum Gasteiger partial charge on any atom is 0.322 e. The molecule has 1 rings (SSSR count). The topological polar surface area (TPSA) is 74.6 Å². The standard InChI is InChI=1S/C13H20BrN3O3/c1-8(2)17(6-9(3)18)13(20)15-10-5-11(14)12(19)16(4)7-10/h5,7-9,18H,6H2,1-4H3,(H,15,20). The molecule has 0 fully saturated rings. The highest BCUT2D eigenvalue weighted by molar-refractivity contribution is 9.10. The lowest BCUT2D eigenvalue weighted by atomic mass is 10.3. The van der Waals surface area contributed by atoms with E-state index in [1.165, 1.54) is 9.47 Å². The maximum absolute atomic E-state index is 12.2. The van der Waals surface area contributed by atoms with Crippen molar-refractivity contribution in [2.45, 2.75) is 32.9 Å². The Bertz CT molecular complexity index is 514. The summed E-state index contributed by atoms with van der Waals surface area (Å²) in [5.41, 5.74) is 0.341. The SMILES string of the molecule is CC(O)CN(C(=O)Nc1cc(Br)c(=O)n(C)c1)C(C)C. The number of pyridine rings is 1. The molecule has 1 heterocycles. The first-order chi connectivity index (χ1) is 9.22. The number of nitrogens with zero attached hydrogens (tertiary/aromatic N) is 2. The summed E-state index contributed by atoms with van der Waals surface area (Å²) in [5, 5.41) is 12.2. The van der Waals surface area contributed by atoms with Crippen molar-refractivity contribution in [2.75, 3.05) is 11.9 Å². The molecule has 0 saturated heterocycles. The molecule has 0 saturated carbocycles. The van der Waals surface area contributed by atoms with E-state index in [-0.39, 0.29) is 24.2 Å². The van der Waals surface area contributed by atoms with Crippen molar-refractivity contribution < 1.29 is 9.90 Å². The molecule has 1 unspecified atom stereocenters. The van der Waals surface area contributed by atoms with Crippen molar-refractivity contribution in [3.05, 3.63) is 27.1 Å². The van der Waals surface area contributed by atoms with Crippen LogP contribution in [-0.4, -0.2) is 39.3 Å². The normalized spacial score (nSPS) is 12.3. The summed E-state index contributed by atoms with van der Waals surface area (Å²) in [6.07, 6.45) is 0.946. The van der Waals surface area contributed by atoms with E-state index >= 15 is 0 Å². The molecule has 0 bridgehead atoms. The molecule has 2 N–H and O–H groups in total. The summed E-state index contributed by atoms with van der Waals surface area (Å²) in [5.74, 6) is 0. The number of carbonyl (C=O) groups is 1. The lowest BCUT2D eigenvalue weighted by molar-refractivity contribution is 0.125. The molecule has 0 aliphatic carbocycles. The van der Waals surface area contributed by atoms with Crippen LogP contribution < -0.4 is 10.9 Å². The molecule has 2 amide bonds. The monoisotopic (exact) mass is 345 g/mol. The fourth-order valence-corrected chi connectivity index (χ4v) is 2.27. The lowest BCUT2D eigenvalue weighted by Gasteiger charge is -2.28. The van der Waals surface area contributed by atoms with Crippen LogP contribution in [0.15, 0.2) is 21.5 Å². The van der Waals surface area contributed by atoms with Gasteiger partial charge in [-0.25, -0.2) is 4.79 Å². The predicted molar refractivity (Wildman–Crippen MR) is 81.9 cm³/mol. The second-order valence-corrected chi connectivity index (χ2v) is 5.87. The second-order valence-electron chi connectivity index (χ2n) is 5.02. The molecule has 6 nitrogen and oxygen atoms in total. The molecular formula is C13H20BrN3O3. The number of carbonyl (C=O) groups excluding carboxylic acids is 1. The number of aryl methyl sites for hydroxylation is 1. The summed E-state index contributed by atoms with van der Waals surface area (Å²) < 4.78 is 1.76. The Kier molecular flexibility index (Phi) is 5.76. The minimum atomic E-state index is -0.602. The number of hydrogen-bond acceptors (Lipinski definition) is 3. The Hall–Kier alpha value is -1.34. The first-order valence-corrected chi connectivity index (χ1v) is 7.13. The van der Waals surface area contributed by atoms with Crippen LogP contribution in [0.25, 0.3) is 0 Å². The molecule has 1 atom stereocenters. The molecule has 1 aromatic heterocycles. The summed E-state index contributed by atoms with van der Waals surface area (Å²) >= 11 is 3.15. The number of urea groups is 1. The van der Waals surface area contributed by atoms with Gasteiger partial charge in [-0.05, 0) is 42.8 Å². The Morgan fingerprint density at radius 2 is 2.10 bits per heavy atom. The van der Waals surface area contributed by atoms with E-state index in [0.29, 0.717) is 10.2 Å². The van der Waals surface area contributed by atoms with Gasteiger partial charge in [0, 0.05) is 25.8 Å². The van der Waals surface area contributed by atoms with Crippen LogP contribution in [0.4, 0.5) is 10.5 Å². The summed E-state index contributed by atoms with van der Waals surface area (Å²) in [4.78, 5) is 25.3. The molecule has 112 valence electrons. The molecule has 0 radical (unpaired) electrons. The summed E-state index contributed by atoms with van der Waals surface area (Å²) in [6, 6.07) is 1.20. The number of rotatable bonds is 4. The van der Waals surface area contributed by atoms with Crippen LogP contribution in [-0.2, 0) is 7.05 Å². The zero-order valence-electron chi connectivity index (χ0n) is 12.1. The highest BCUT2D eigenvalue weighted by Gasteiger charge is 2.19. The van der Waals surface area contributed by atoms with Crippen molar-refractivity contribution in [2.24, 2.45) is 7.05 Å². The highest BCUT2D eigenvalue weighted by Crippen LogP contribution is 2.13. The van der Waals surface area contributed by atoms with Gasteiger partial charge in [-0.15, -0.1) is 0 Å². The van der Waals surface area contributed by atoms with Gasteiger partial charge in [-0.3, -0.25) is 4.79 Å². The largest absolute Gasteiger partial charge is 0.392 e. The van der Waals surface area contributed by atoms with E-state index in [1.807, 2.05) is 13.8 Å². The number of aliphatic hydroxyl groups excluding tert-OH is 1. The van der Waals surface area contributed by atoms with Crippen molar-refractivity contribution in [1.29, 1.82) is 0 Å². The molecule has 1 aromatic rings. The number of hydrogen-bond donors (Lipinski definition) is 2. The molecule has 0 aliphatic heterocycles. The van der Waals surface area contributed by atoms with Gasteiger partial charge in [-0.2, -0.15) is 0 Å². The molecule has 0 spiro atoms. The Morgan fingerprint density at radius 1 is 1.50 bits per heavy atom. The molecule has 0 aliphatic rings. The predicted octanol–water partition coefficient (Wildman–Crippen LogP) is 1.77. The van der Waals surface area contributed by atoms with Crippen LogP contribution in [0, 0.1) is 0 Å². The van der Waals surface area contributed by atoms with Gasteiger partial charge in [0.1, 0.15) is 0 Å². The zero-order chi connectivity index (χ0) is 15.4. The van der Waals surface area contributed by atoms with Gasteiger partial charge in [0.15, 0.2) is 0 Å². The second kappa shape index (κ2) is 6.90. The van der Waals surface area contributed by atoms with E-state index in [9.17, 15) is 14.7 Å². The fourth-order valence-electron chi connectivity index (χ4n) is 1.75. The van der Waals surface area contributed by atoms with Gasteiger partial charge < -0.3 is 19.9 Å². The van der Waals surface area contributed by atoms with Gasteiger partial charge in [0.2, 0.25) is 0 Å². The van der Waals surface area contributed by atoms with Crippen molar-refractivity contribution in [3.8, 4) is 0 Å². The lowest BCUT2D eigenvalue weighted by Crippen LogP contribution is -2.43. The van der Waals surface area contributed by atoms with Gasteiger partial charge in [0.25, 0.3) is 5.56 Å². The van der Waals surface area contributed by atoms with Crippen molar-refractivity contribution >= 4 is 27.6 Å². The smallest absolute Gasteiger partial charge is 0.322 e. The number of nitrogens with one attached hydrogen (secondary N) is 1. The maximum atomic E-state index is 12.2. The molecule has 0 aromatic carbocycles. The van der Waals surface area contributed by atoms with E-state index in [2.05, 4.69) is 21.2 Å². The first-order valence-electron chi connectivity index (χ1n) is 6.34. The molecular weight excluding hydrogens is 326 g/mol. The van der Waals surface area contributed by atoms with Crippen LogP contribution in [0.2, 0.25) is 0 Å². The summed E-state index contributed by atoms with van der Waals surface area (Å²) in [7, 11) is 1.61. The number of halogens is 1. The van der Waals surface area contributed by atoms with Crippen LogP contribution in [0.3, 0.4) is 0 Å². The van der Waals surface area contributed by atoms with Crippen LogP contribution >= 0.6 is 15.9 Å². The first kappa shape index (κ1) is 16.7. The molecule has 7 heteroatoms. The Labute approximate surface area is 126 Å². The number of aliphatic hydroxyl groups is 1. The quantitative estimate of drug-likeness (QED) is 0.873. The third-order valence-electron chi connectivity index (χ3n) is 2.74. The zero-order valence-corrected chi connectivity index (χ0v) is 13.6. The average molecular weight is 346 g/mol. The third kappa shape index (κ3) is 4.35. The van der Waals surface area contributed by atoms with Crippen LogP contribution in [0.1, 0.15) is 20.8 Å². The van der Waals surface area contributed by atoms with Crippen molar-refractivity contribution in [3.63, 3.8) is 0 Å². The van der Waals surface area contributed by atoms with E-state index in [0.717, 1.165) is 0 Å². The Morgan fingerprint density at radius 3 is 2.55 bits per heavy atom. The number of anilines is 1. The van der Waals surface area contributed by atoms with E-state index < -0.39 is 6.10 Å². The number of amides is 2. The van der Waals surface area contributed by atoms with Crippen LogP contribution in [0.5, 0.6) is 0 Å².